The van der Waals surface area contributed by atoms with Crippen molar-refractivity contribution in [2.45, 2.75) is 13.0 Å². The number of carbonyl (C=O) groups excluding carboxylic acids is 1. The second-order valence-electron chi connectivity index (χ2n) is 4.35. The molecular weight excluding hydrogens is 256 g/mol. The van der Waals surface area contributed by atoms with Gasteiger partial charge in [0.1, 0.15) is 0 Å². The van der Waals surface area contributed by atoms with E-state index in [9.17, 15) is 9.90 Å². The van der Waals surface area contributed by atoms with E-state index in [2.05, 4.69) is 4.74 Å². The minimum Gasteiger partial charge on any atom is -0.504 e. The van der Waals surface area contributed by atoms with Gasteiger partial charge in [0.05, 0.1) is 32.2 Å². The van der Waals surface area contributed by atoms with Crippen LogP contribution in [0.3, 0.4) is 0 Å². The van der Waals surface area contributed by atoms with E-state index in [-0.39, 0.29) is 0 Å². The molecular formula is C16H20O4. The number of hydrogen-bond donors (Lipinski definition) is 1. The molecule has 0 aliphatic heterocycles. The quantitative estimate of drug-likeness (QED) is 0.492. The fourth-order valence-electron chi connectivity index (χ4n) is 1.71. The number of aliphatic hydroxyl groups excluding tert-OH is 1. The summed E-state index contributed by atoms with van der Waals surface area (Å²) in [6.45, 7) is 1.74. The number of ether oxygens (including phenoxy) is 2. The number of hydrogen-bond acceptors (Lipinski definition) is 4. The van der Waals surface area contributed by atoms with Crippen molar-refractivity contribution in [3.05, 3.63) is 53.8 Å². The van der Waals surface area contributed by atoms with Gasteiger partial charge in [-0.15, -0.1) is 0 Å². The molecule has 0 aliphatic carbocycles. The molecule has 4 heteroatoms. The first-order valence-electron chi connectivity index (χ1n) is 6.32. The maximum absolute atomic E-state index is 11.6. The first-order chi connectivity index (χ1) is 9.60. The van der Waals surface area contributed by atoms with Crippen molar-refractivity contribution in [3.8, 4) is 0 Å². The maximum Gasteiger partial charge on any atom is 0.337 e. The van der Waals surface area contributed by atoms with Gasteiger partial charge in [-0.05, 0) is 5.56 Å². The van der Waals surface area contributed by atoms with Gasteiger partial charge in [-0.1, -0.05) is 49.4 Å². The van der Waals surface area contributed by atoms with Crippen LogP contribution in [0.5, 0.6) is 0 Å². The first-order valence-corrected chi connectivity index (χ1v) is 6.32. The zero-order chi connectivity index (χ0) is 15.0. The van der Waals surface area contributed by atoms with Crippen LogP contribution >= 0.6 is 0 Å². The SMILES string of the molecule is COC=C(C(=O)OC)C(C)C(O)C=Cc1ccccc1. The molecule has 1 rings (SSSR count). The third-order valence-corrected chi connectivity index (χ3v) is 2.95. The van der Waals surface area contributed by atoms with Crippen molar-refractivity contribution >= 4 is 12.0 Å². The molecule has 0 fully saturated rings. The van der Waals surface area contributed by atoms with E-state index in [0.29, 0.717) is 5.57 Å². The smallest absolute Gasteiger partial charge is 0.337 e. The van der Waals surface area contributed by atoms with Gasteiger partial charge in [0, 0.05) is 5.92 Å². The summed E-state index contributed by atoms with van der Waals surface area (Å²) < 4.78 is 9.54. The van der Waals surface area contributed by atoms with Crippen molar-refractivity contribution in [3.63, 3.8) is 0 Å². The van der Waals surface area contributed by atoms with Crippen molar-refractivity contribution in [1.29, 1.82) is 0 Å². The fourth-order valence-corrected chi connectivity index (χ4v) is 1.71. The molecule has 2 unspecified atom stereocenters. The molecule has 0 bridgehead atoms. The second kappa shape index (κ2) is 8.17. The zero-order valence-electron chi connectivity index (χ0n) is 11.9. The minimum atomic E-state index is -0.810. The number of esters is 1. The van der Waals surface area contributed by atoms with Gasteiger partial charge in [-0.3, -0.25) is 0 Å². The van der Waals surface area contributed by atoms with Gasteiger partial charge in [0.15, 0.2) is 0 Å². The van der Waals surface area contributed by atoms with Crippen molar-refractivity contribution < 1.29 is 19.4 Å². The van der Waals surface area contributed by atoms with Crippen LogP contribution in [-0.4, -0.2) is 31.4 Å². The van der Waals surface area contributed by atoms with Crippen LogP contribution < -0.4 is 0 Å². The third kappa shape index (κ3) is 4.55. The third-order valence-electron chi connectivity index (χ3n) is 2.95. The molecule has 0 radical (unpaired) electrons. The second-order valence-corrected chi connectivity index (χ2v) is 4.35. The highest BCUT2D eigenvalue weighted by atomic mass is 16.5. The lowest BCUT2D eigenvalue weighted by molar-refractivity contribution is -0.137. The Morgan fingerprint density at radius 3 is 2.45 bits per heavy atom. The van der Waals surface area contributed by atoms with E-state index in [1.165, 1.54) is 20.5 Å². The molecule has 1 aromatic rings. The highest BCUT2D eigenvalue weighted by Gasteiger charge is 2.23. The average molecular weight is 276 g/mol. The van der Waals surface area contributed by atoms with E-state index in [1.807, 2.05) is 36.4 Å². The van der Waals surface area contributed by atoms with Crippen LogP contribution in [0, 0.1) is 5.92 Å². The molecule has 2 atom stereocenters. The Hall–Kier alpha value is -2.07. The molecule has 20 heavy (non-hydrogen) atoms. The standard InChI is InChI=1S/C16H20O4/c1-12(14(11-19-2)16(18)20-3)15(17)10-9-13-7-5-4-6-8-13/h4-12,15,17H,1-3H3. The Morgan fingerprint density at radius 1 is 1.25 bits per heavy atom. The summed E-state index contributed by atoms with van der Waals surface area (Å²) in [5.41, 5.74) is 1.27. The van der Waals surface area contributed by atoms with Crippen molar-refractivity contribution in [2.24, 2.45) is 5.92 Å². The average Bonchev–Trinajstić information content (AvgIpc) is 2.49. The van der Waals surface area contributed by atoms with Crippen molar-refractivity contribution in [2.75, 3.05) is 14.2 Å². The highest BCUT2D eigenvalue weighted by molar-refractivity contribution is 5.88. The summed E-state index contributed by atoms with van der Waals surface area (Å²) in [5.74, 6) is -0.936. The molecule has 4 nitrogen and oxygen atoms in total. The van der Waals surface area contributed by atoms with E-state index < -0.39 is 18.0 Å². The molecule has 0 spiro atoms. The van der Waals surface area contributed by atoms with E-state index in [0.717, 1.165) is 5.56 Å². The zero-order valence-corrected chi connectivity index (χ0v) is 11.9. The highest BCUT2D eigenvalue weighted by Crippen LogP contribution is 2.18. The molecule has 0 saturated carbocycles. The Bertz CT molecular complexity index is 477. The number of aliphatic hydroxyl groups is 1. The summed E-state index contributed by atoms with van der Waals surface area (Å²) >= 11 is 0. The van der Waals surface area contributed by atoms with Crippen LogP contribution in [0.25, 0.3) is 6.08 Å². The predicted octanol–water partition coefficient (Wildman–Crippen LogP) is 2.40. The molecule has 0 saturated heterocycles. The number of rotatable bonds is 6. The van der Waals surface area contributed by atoms with Crippen molar-refractivity contribution in [1.82, 2.24) is 0 Å². The molecule has 1 aromatic carbocycles. The van der Waals surface area contributed by atoms with Crippen LogP contribution in [0.15, 0.2) is 48.2 Å². The molecule has 1 N–H and O–H groups in total. The topological polar surface area (TPSA) is 55.8 Å². The minimum absolute atomic E-state index is 0.292. The molecule has 0 aliphatic rings. The summed E-state index contributed by atoms with van der Waals surface area (Å²) in [5, 5.41) is 10.1. The Morgan fingerprint density at radius 2 is 1.90 bits per heavy atom. The lowest BCUT2D eigenvalue weighted by Crippen LogP contribution is -2.22. The van der Waals surface area contributed by atoms with Gasteiger partial charge in [-0.25, -0.2) is 4.79 Å². The summed E-state index contributed by atoms with van der Waals surface area (Å²) in [6, 6.07) is 9.62. The molecule has 0 heterocycles. The van der Waals surface area contributed by atoms with Gasteiger partial charge in [0.2, 0.25) is 0 Å². The largest absolute Gasteiger partial charge is 0.504 e. The number of methoxy groups -OCH3 is 2. The number of carbonyl (C=O) groups is 1. The van der Waals surface area contributed by atoms with E-state index in [4.69, 9.17) is 4.74 Å². The fraction of sp³-hybridized carbons (Fsp3) is 0.312. The monoisotopic (exact) mass is 276 g/mol. The van der Waals surface area contributed by atoms with Crippen LogP contribution in [0.2, 0.25) is 0 Å². The molecule has 0 aromatic heterocycles. The molecule has 0 amide bonds. The molecule has 108 valence electrons. The van der Waals surface area contributed by atoms with Crippen LogP contribution in [0.4, 0.5) is 0 Å². The van der Waals surface area contributed by atoms with Gasteiger partial charge in [0.25, 0.3) is 0 Å². The van der Waals surface area contributed by atoms with Crippen LogP contribution in [0.1, 0.15) is 12.5 Å². The maximum atomic E-state index is 11.6. The van der Waals surface area contributed by atoms with Gasteiger partial charge >= 0.3 is 5.97 Å². The lowest BCUT2D eigenvalue weighted by atomic mass is 9.95. The Kier molecular flexibility index (Phi) is 6.53. The summed E-state index contributed by atoms with van der Waals surface area (Å²) in [6.07, 6.45) is 3.95. The van der Waals surface area contributed by atoms with Gasteiger partial charge in [-0.2, -0.15) is 0 Å². The van der Waals surface area contributed by atoms with E-state index >= 15 is 0 Å². The van der Waals surface area contributed by atoms with Crippen LogP contribution in [-0.2, 0) is 14.3 Å². The van der Waals surface area contributed by atoms with Gasteiger partial charge < -0.3 is 14.6 Å². The summed E-state index contributed by atoms with van der Waals surface area (Å²) in [7, 11) is 2.74. The normalized spacial score (nSPS) is 14.9. The summed E-state index contributed by atoms with van der Waals surface area (Å²) in [4.78, 5) is 11.6. The Labute approximate surface area is 119 Å². The van der Waals surface area contributed by atoms with E-state index in [1.54, 1.807) is 13.0 Å². The number of benzene rings is 1. The predicted molar refractivity (Wildman–Crippen MR) is 77.8 cm³/mol. The Balaban J connectivity index is 2.79. The lowest BCUT2D eigenvalue weighted by Gasteiger charge is -2.17. The first kappa shape index (κ1) is 16.0.